The molecule has 1 aliphatic heterocycles. The fourth-order valence-corrected chi connectivity index (χ4v) is 2.65. The van der Waals surface area contributed by atoms with Gasteiger partial charge in [-0.2, -0.15) is 13.2 Å². The van der Waals surface area contributed by atoms with Crippen LogP contribution < -0.4 is 5.73 Å². The molecule has 0 radical (unpaired) electrons. The summed E-state index contributed by atoms with van der Waals surface area (Å²) in [6, 6.07) is 8.84. The number of nitrogens with zero attached hydrogens (tertiary/aromatic N) is 2. The minimum atomic E-state index is -4.41. The number of hydrogen-bond acceptors (Lipinski definition) is 3. The molecule has 0 atom stereocenters. The summed E-state index contributed by atoms with van der Waals surface area (Å²) in [7, 11) is 0. The molecule has 4 nitrogen and oxygen atoms in total. The van der Waals surface area contributed by atoms with Crippen molar-refractivity contribution in [2.75, 3.05) is 26.2 Å². The zero-order valence-electron chi connectivity index (χ0n) is 13.3. The number of nitrogens with two attached hydrogens (primary N) is 1. The Morgan fingerprint density at radius 2 is 1.79 bits per heavy atom. The quantitative estimate of drug-likeness (QED) is 0.871. The molecule has 1 aromatic carbocycles. The summed E-state index contributed by atoms with van der Waals surface area (Å²) in [6.07, 6.45) is -2.87. The van der Waals surface area contributed by atoms with E-state index in [9.17, 15) is 18.0 Å². The highest BCUT2D eigenvalue weighted by atomic mass is 35.5. The Morgan fingerprint density at radius 3 is 2.33 bits per heavy atom. The summed E-state index contributed by atoms with van der Waals surface area (Å²) < 4.78 is 38.3. The fourth-order valence-electron chi connectivity index (χ4n) is 2.65. The average molecular weight is 366 g/mol. The number of rotatable bonds is 5. The van der Waals surface area contributed by atoms with Crippen molar-refractivity contribution in [3.63, 3.8) is 0 Å². The Balaban J connectivity index is 0.00000288. The van der Waals surface area contributed by atoms with Gasteiger partial charge in [-0.15, -0.1) is 12.4 Å². The maximum Gasteiger partial charge on any atom is 0.406 e. The van der Waals surface area contributed by atoms with Gasteiger partial charge >= 0.3 is 6.18 Å². The van der Waals surface area contributed by atoms with Crippen LogP contribution in [0.25, 0.3) is 0 Å². The third-order valence-electron chi connectivity index (χ3n) is 3.93. The molecule has 0 spiro atoms. The number of benzene rings is 1. The van der Waals surface area contributed by atoms with E-state index >= 15 is 0 Å². The van der Waals surface area contributed by atoms with E-state index in [2.05, 4.69) is 0 Å². The Kier molecular flexibility index (Phi) is 7.99. The first-order valence-electron chi connectivity index (χ1n) is 7.70. The normalized spacial score (nSPS) is 16.5. The minimum absolute atomic E-state index is 0. The van der Waals surface area contributed by atoms with Crippen LogP contribution in [0, 0.1) is 0 Å². The van der Waals surface area contributed by atoms with E-state index in [-0.39, 0.29) is 31.5 Å². The van der Waals surface area contributed by atoms with Crippen LogP contribution in [-0.2, 0) is 11.3 Å². The molecule has 8 heteroatoms. The number of halogens is 4. The number of amides is 1. The Hall–Kier alpha value is -1.31. The lowest BCUT2D eigenvalue weighted by Crippen LogP contribution is -2.47. The summed E-state index contributed by atoms with van der Waals surface area (Å²) in [5.74, 6) is -0.498. The molecule has 24 heavy (non-hydrogen) atoms. The largest absolute Gasteiger partial charge is 0.406 e. The highest BCUT2D eigenvalue weighted by Crippen LogP contribution is 2.19. The maximum atomic E-state index is 12.8. The topological polar surface area (TPSA) is 49.6 Å². The van der Waals surface area contributed by atoms with Crippen LogP contribution >= 0.6 is 12.4 Å². The number of piperidine rings is 1. The third kappa shape index (κ3) is 7.07. The second-order valence-electron chi connectivity index (χ2n) is 5.96. The first kappa shape index (κ1) is 20.7. The van der Waals surface area contributed by atoms with Gasteiger partial charge in [0.05, 0.1) is 6.54 Å². The van der Waals surface area contributed by atoms with Crippen LogP contribution in [0.2, 0.25) is 0 Å². The highest BCUT2D eigenvalue weighted by molar-refractivity contribution is 5.85. The van der Waals surface area contributed by atoms with Gasteiger partial charge in [0, 0.05) is 25.7 Å². The van der Waals surface area contributed by atoms with Crippen LogP contribution in [0.4, 0.5) is 13.2 Å². The van der Waals surface area contributed by atoms with E-state index in [0.717, 1.165) is 17.7 Å². The van der Waals surface area contributed by atoms with Crippen LogP contribution in [0.5, 0.6) is 0 Å². The Bertz CT molecular complexity index is 505. The van der Waals surface area contributed by atoms with E-state index in [0.29, 0.717) is 18.7 Å². The molecule has 2 N–H and O–H groups in total. The predicted molar refractivity (Wildman–Crippen MR) is 88.8 cm³/mol. The van der Waals surface area contributed by atoms with Gasteiger partial charge in [0.2, 0.25) is 5.91 Å². The van der Waals surface area contributed by atoms with Gasteiger partial charge in [-0.3, -0.25) is 9.69 Å². The van der Waals surface area contributed by atoms with Crippen molar-refractivity contribution in [1.82, 2.24) is 9.80 Å². The number of carbonyl (C=O) groups excluding carboxylic acids is 1. The smallest absolute Gasteiger partial charge is 0.328 e. The summed E-state index contributed by atoms with van der Waals surface area (Å²) in [5.41, 5.74) is 6.49. The molecular weight excluding hydrogens is 343 g/mol. The van der Waals surface area contributed by atoms with Crippen molar-refractivity contribution >= 4 is 18.3 Å². The molecule has 1 amide bonds. The van der Waals surface area contributed by atoms with Crippen LogP contribution in [-0.4, -0.2) is 54.1 Å². The van der Waals surface area contributed by atoms with E-state index in [1.165, 1.54) is 0 Å². The van der Waals surface area contributed by atoms with Gasteiger partial charge in [-0.1, -0.05) is 30.3 Å². The van der Waals surface area contributed by atoms with Crippen molar-refractivity contribution in [3.8, 4) is 0 Å². The third-order valence-corrected chi connectivity index (χ3v) is 3.93. The Morgan fingerprint density at radius 1 is 1.21 bits per heavy atom. The van der Waals surface area contributed by atoms with E-state index < -0.39 is 18.6 Å². The SMILES string of the molecule is Cl.NC1CCN(CC(=O)N(Cc2ccccc2)CC(F)(F)F)CC1. The second-order valence-corrected chi connectivity index (χ2v) is 5.96. The summed E-state index contributed by atoms with van der Waals surface area (Å²) in [5, 5.41) is 0. The second kappa shape index (κ2) is 9.25. The molecule has 0 aliphatic carbocycles. The van der Waals surface area contributed by atoms with Crippen LogP contribution in [0.3, 0.4) is 0 Å². The van der Waals surface area contributed by atoms with Crippen molar-refractivity contribution in [1.29, 1.82) is 0 Å². The predicted octanol–water partition coefficient (Wildman–Crippen LogP) is 2.42. The zero-order chi connectivity index (χ0) is 16.9. The molecule has 1 saturated heterocycles. The van der Waals surface area contributed by atoms with Gasteiger partial charge < -0.3 is 10.6 Å². The maximum absolute atomic E-state index is 12.8. The van der Waals surface area contributed by atoms with Gasteiger partial charge in [-0.25, -0.2) is 0 Å². The fraction of sp³-hybridized carbons (Fsp3) is 0.562. The first-order valence-corrected chi connectivity index (χ1v) is 7.70. The number of hydrogen-bond donors (Lipinski definition) is 1. The molecule has 1 aromatic rings. The molecule has 136 valence electrons. The van der Waals surface area contributed by atoms with Crippen molar-refractivity contribution in [2.45, 2.75) is 31.6 Å². The van der Waals surface area contributed by atoms with E-state index in [1.54, 1.807) is 30.3 Å². The van der Waals surface area contributed by atoms with Crippen molar-refractivity contribution in [2.24, 2.45) is 5.73 Å². The first-order chi connectivity index (χ1) is 10.8. The van der Waals surface area contributed by atoms with Crippen LogP contribution in [0.1, 0.15) is 18.4 Å². The molecule has 1 heterocycles. The Labute approximate surface area is 146 Å². The van der Waals surface area contributed by atoms with Crippen molar-refractivity contribution < 1.29 is 18.0 Å². The van der Waals surface area contributed by atoms with Gasteiger partial charge in [0.15, 0.2) is 0 Å². The lowest BCUT2D eigenvalue weighted by Gasteiger charge is -2.32. The molecule has 0 aromatic heterocycles. The zero-order valence-corrected chi connectivity index (χ0v) is 14.2. The van der Waals surface area contributed by atoms with Crippen LogP contribution in [0.15, 0.2) is 30.3 Å². The van der Waals surface area contributed by atoms with Gasteiger partial charge in [-0.05, 0) is 18.4 Å². The van der Waals surface area contributed by atoms with Crippen molar-refractivity contribution in [3.05, 3.63) is 35.9 Å². The standard InChI is InChI=1S/C16H22F3N3O.ClH/c17-16(18,19)12-22(10-13-4-2-1-3-5-13)15(23)11-21-8-6-14(20)7-9-21;/h1-5,14H,6-12,20H2;1H. The number of carbonyl (C=O) groups is 1. The van der Waals surface area contributed by atoms with Gasteiger partial charge in [0.25, 0.3) is 0 Å². The van der Waals surface area contributed by atoms with E-state index in [1.807, 2.05) is 4.90 Å². The summed E-state index contributed by atoms with van der Waals surface area (Å²) >= 11 is 0. The number of likely N-dealkylation sites (tertiary alicyclic amines) is 1. The molecule has 1 aliphatic rings. The molecule has 2 rings (SSSR count). The summed E-state index contributed by atoms with van der Waals surface area (Å²) in [6.45, 7) is 0.0481. The molecule has 0 unspecified atom stereocenters. The van der Waals surface area contributed by atoms with Gasteiger partial charge in [0.1, 0.15) is 6.54 Å². The lowest BCUT2D eigenvalue weighted by molar-refractivity contribution is -0.163. The molecular formula is C16H23ClF3N3O. The summed E-state index contributed by atoms with van der Waals surface area (Å²) in [4.78, 5) is 15.1. The molecule has 0 bridgehead atoms. The molecule has 1 fully saturated rings. The highest BCUT2D eigenvalue weighted by Gasteiger charge is 2.33. The molecule has 0 saturated carbocycles. The monoisotopic (exact) mass is 365 g/mol. The average Bonchev–Trinajstić information content (AvgIpc) is 2.48. The van der Waals surface area contributed by atoms with E-state index in [4.69, 9.17) is 5.73 Å². The minimum Gasteiger partial charge on any atom is -0.328 e. The number of alkyl halides is 3. The lowest BCUT2D eigenvalue weighted by atomic mass is 10.1.